The summed E-state index contributed by atoms with van der Waals surface area (Å²) >= 11 is 0. The molecule has 1 aliphatic carbocycles. The zero-order valence-electron chi connectivity index (χ0n) is 11.4. The molecule has 0 aliphatic heterocycles. The van der Waals surface area contributed by atoms with E-state index in [2.05, 4.69) is 46.7 Å². The fraction of sp³-hybridized carbons (Fsp3) is 0.235. The number of benzene rings is 2. The van der Waals surface area contributed by atoms with Gasteiger partial charge in [-0.2, -0.15) is 0 Å². The quantitative estimate of drug-likeness (QED) is 0.660. The van der Waals surface area contributed by atoms with Gasteiger partial charge < -0.3 is 11.1 Å². The molecule has 20 heavy (non-hydrogen) atoms. The van der Waals surface area contributed by atoms with Crippen LogP contribution in [0.5, 0.6) is 0 Å². The Hall–Kier alpha value is -2.29. The lowest BCUT2D eigenvalue weighted by Gasteiger charge is -2.12. The molecule has 2 aromatic rings. The van der Waals surface area contributed by atoms with Gasteiger partial charge in [0, 0.05) is 6.04 Å². The molecule has 0 fully saturated rings. The van der Waals surface area contributed by atoms with Gasteiger partial charge in [0.2, 0.25) is 0 Å². The summed E-state index contributed by atoms with van der Waals surface area (Å²) in [5.41, 5.74) is 9.98. The smallest absolute Gasteiger partial charge is 0.189 e. The van der Waals surface area contributed by atoms with E-state index in [0.717, 1.165) is 12.8 Å². The molecule has 3 N–H and O–H groups in total. The third kappa shape index (κ3) is 2.99. The fourth-order valence-corrected chi connectivity index (χ4v) is 2.68. The van der Waals surface area contributed by atoms with Crippen LogP contribution in [0, 0.1) is 0 Å². The predicted molar refractivity (Wildman–Crippen MR) is 82.5 cm³/mol. The highest BCUT2D eigenvalue weighted by Gasteiger charge is 2.20. The van der Waals surface area contributed by atoms with E-state index >= 15 is 0 Å². The molecule has 0 saturated heterocycles. The number of hydrogen-bond donors (Lipinski definition) is 2. The van der Waals surface area contributed by atoms with Crippen LogP contribution in [0.15, 0.2) is 59.6 Å². The molecule has 3 heteroatoms. The summed E-state index contributed by atoms with van der Waals surface area (Å²) in [6, 6.07) is 19.1. The highest BCUT2D eigenvalue weighted by atomic mass is 15.1. The van der Waals surface area contributed by atoms with Gasteiger partial charge in [0.1, 0.15) is 0 Å². The van der Waals surface area contributed by atoms with E-state index in [1.807, 2.05) is 18.2 Å². The number of fused-ring (bicyclic) bond motifs is 1. The van der Waals surface area contributed by atoms with Crippen molar-refractivity contribution >= 4 is 5.96 Å². The summed E-state index contributed by atoms with van der Waals surface area (Å²) < 4.78 is 0. The number of rotatable bonds is 3. The highest BCUT2D eigenvalue weighted by molar-refractivity contribution is 5.78. The Balaban J connectivity index is 1.57. The molecule has 0 heterocycles. The Bertz CT molecular complexity index is 580. The Morgan fingerprint density at radius 1 is 1.00 bits per heavy atom. The molecular formula is C17H19N3. The Labute approximate surface area is 119 Å². The van der Waals surface area contributed by atoms with Crippen LogP contribution in [-0.4, -0.2) is 12.0 Å². The maximum atomic E-state index is 5.98. The summed E-state index contributed by atoms with van der Waals surface area (Å²) in [5, 5.41) is 3.32. The third-order valence-corrected chi connectivity index (χ3v) is 3.68. The first-order valence-corrected chi connectivity index (χ1v) is 6.98. The fourth-order valence-electron chi connectivity index (χ4n) is 2.68. The molecule has 0 atom stereocenters. The van der Waals surface area contributed by atoms with Crippen LogP contribution in [-0.2, 0) is 19.4 Å². The van der Waals surface area contributed by atoms with Crippen molar-refractivity contribution in [3.63, 3.8) is 0 Å². The van der Waals surface area contributed by atoms with Gasteiger partial charge in [-0.25, -0.2) is 4.99 Å². The molecule has 102 valence electrons. The molecule has 0 bridgehead atoms. The number of hydrogen-bond acceptors (Lipinski definition) is 1. The molecule has 3 rings (SSSR count). The van der Waals surface area contributed by atoms with Crippen molar-refractivity contribution in [1.82, 2.24) is 5.32 Å². The average molecular weight is 265 g/mol. The van der Waals surface area contributed by atoms with Crippen LogP contribution in [0.3, 0.4) is 0 Å². The minimum Gasteiger partial charge on any atom is -0.370 e. The summed E-state index contributed by atoms with van der Waals surface area (Å²) in [6.07, 6.45) is 2.05. The van der Waals surface area contributed by atoms with Crippen LogP contribution in [0.2, 0.25) is 0 Å². The number of nitrogens with two attached hydrogens (primary N) is 1. The van der Waals surface area contributed by atoms with Crippen LogP contribution in [0.25, 0.3) is 0 Å². The van der Waals surface area contributed by atoms with Crippen molar-refractivity contribution in [2.75, 3.05) is 0 Å². The van der Waals surface area contributed by atoms with Gasteiger partial charge in [0.15, 0.2) is 5.96 Å². The van der Waals surface area contributed by atoms with E-state index < -0.39 is 0 Å². The normalized spacial score (nSPS) is 15.1. The van der Waals surface area contributed by atoms with Crippen LogP contribution in [0.4, 0.5) is 0 Å². The summed E-state index contributed by atoms with van der Waals surface area (Å²) in [7, 11) is 0. The number of nitrogens with one attached hydrogen (secondary N) is 1. The Kier molecular flexibility index (Phi) is 3.68. The van der Waals surface area contributed by atoms with Crippen molar-refractivity contribution in [2.45, 2.75) is 25.4 Å². The topological polar surface area (TPSA) is 50.4 Å². The molecule has 1 aliphatic rings. The van der Waals surface area contributed by atoms with Crippen molar-refractivity contribution in [3.05, 3.63) is 71.3 Å². The van der Waals surface area contributed by atoms with Crippen LogP contribution < -0.4 is 11.1 Å². The van der Waals surface area contributed by atoms with E-state index in [9.17, 15) is 0 Å². The lowest BCUT2D eigenvalue weighted by molar-refractivity contribution is 0.638. The largest absolute Gasteiger partial charge is 0.370 e. The minimum atomic E-state index is 0.368. The molecule has 0 spiro atoms. The molecule has 0 unspecified atom stereocenters. The van der Waals surface area contributed by atoms with Crippen molar-refractivity contribution in [1.29, 1.82) is 0 Å². The van der Waals surface area contributed by atoms with Gasteiger partial charge >= 0.3 is 0 Å². The van der Waals surface area contributed by atoms with E-state index in [1.54, 1.807) is 0 Å². The van der Waals surface area contributed by atoms with E-state index in [0.29, 0.717) is 18.5 Å². The summed E-state index contributed by atoms with van der Waals surface area (Å²) in [5.74, 6) is 0.534. The first-order chi connectivity index (χ1) is 9.81. The molecular weight excluding hydrogens is 246 g/mol. The second-order valence-electron chi connectivity index (χ2n) is 5.21. The summed E-state index contributed by atoms with van der Waals surface area (Å²) in [4.78, 5) is 4.40. The Morgan fingerprint density at radius 3 is 2.25 bits per heavy atom. The van der Waals surface area contributed by atoms with Gasteiger partial charge in [-0.15, -0.1) is 0 Å². The average Bonchev–Trinajstić information content (AvgIpc) is 2.88. The Morgan fingerprint density at radius 2 is 1.60 bits per heavy atom. The standard InChI is InChI=1S/C17H19N3/c18-17(19-12-13-6-2-1-3-7-13)20-16-10-14-8-4-5-9-15(14)11-16/h1-9,16H,10-12H2,(H3,18,19,20). The minimum absolute atomic E-state index is 0.368. The lowest BCUT2D eigenvalue weighted by Crippen LogP contribution is -2.40. The molecule has 0 saturated carbocycles. The monoisotopic (exact) mass is 265 g/mol. The van der Waals surface area contributed by atoms with Crippen molar-refractivity contribution in [2.24, 2.45) is 10.7 Å². The van der Waals surface area contributed by atoms with Crippen molar-refractivity contribution in [3.8, 4) is 0 Å². The SMILES string of the molecule is NC(=NCc1ccccc1)NC1Cc2ccccc2C1. The molecule has 0 aromatic heterocycles. The van der Waals surface area contributed by atoms with Crippen LogP contribution in [0.1, 0.15) is 16.7 Å². The first kappa shape index (κ1) is 12.7. The maximum absolute atomic E-state index is 5.98. The molecule has 0 radical (unpaired) electrons. The van der Waals surface area contributed by atoms with Crippen molar-refractivity contribution < 1.29 is 0 Å². The first-order valence-electron chi connectivity index (χ1n) is 6.98. The molecule has 3 nitrogen and oxygen atoms in total. The number of aliphatic imine (C=N–C) groups is 1. The third-order valence-electron chi connectivity index (χ3n) is 3.68. The van der Waals surface area contributed by atoms with Crippen LogP contribution >= 0.6 is 0 Å². The number of guanidine groups is 1. The van der Waals surface area contributed by atoms with Gasteiger partial charge in [-0.3, -0.25) is 0 Å². The van der Waals surface area contributed by atoms with Gasteiger partial charge in [-0.05, 0) is 29.5 Å². The van der Waals surface area contributed by atoms with E-state index in [4.69, 9.17) is 5.73 Å². The van der Waals surface area contributed by atoms with Gasteiger partial charge in [0.25, 0.3) is 0 Å². The zero-order valence-corrected chi connectivity index (χ0v) is 11.4. The van der Waals surface area contributed by atoms with Gasteiger partial charge in [0.05, 0.1) is 6.54 Å². The maximum Gasteiger partial charge on any atom is 0.189 e. The second-order valence-corrected chi connectivity index (χ2v) is 5.21. The summed E-state index contributed by atoms with van der Waals surface area (Å²) in [6.45, 7) is 0.624. The highest BCUT2D eigenvalue weighted by Crippen LogP contribution is 2.21. The second kappa shape index (κ2) is 5.78. The lowest BCUT2D eigenvalue weighted by atomic mass is 10.1. The predicted octanol–water partition coefficient (Wildman–Crippen LogP) is 2.26. The van der Waals surface area contributed by atoms with E-state index in [-0.39, 0.29) is 0 Å². The van der Waals surface area contributed by atoms with E-state index in [1.165, 1.54) is 16.7 Å². The number of nitrogens with zero attached hydrogens (tertiary/aromatic N) is 1. The van der Waals surface area contributed by atoms with Gasteiger partial charge in [-0.1, -0.05) is 54.6 Å². The molecule has 2 aromatic carbocycles. The molecule has 0 amide bonds. The zero-order chi connectivity index (χ0) is 13.8.